The molecule has 0 aliphatic carbocycles. The predicted octanol–water partition coefficient (Wildman–Crippen LogP) is 1.51. The summed E-state index contributed by atoms with van der Waals surface area (Å²) in [4.78, 5) is 14.2. The molecule has 1 aliphatic rings. The molecule has 0 radical (unpaired) electrons. The number of carbonyl (C=O) groups is 1. The van der Waals surface area contributed by atoms with Gasteiger partial charge in [-0.15, -0.1) is 0 Å². The van der Waals surface area contributed by atoms with Crippen LogP contribution in [0.3, 0.4) is 0 Å². The minimum absolute atomic E-state index is 0.132. The van der Waals surface area contributed by atoms with Crippen molar-refractivity contribution in [2.75, 3.05) is 0 Å². The number of nitrogens with zero attached hydrogens (tertiary/aromatic N) is 5. The Hall–Kier alpha value is -2.48. The van der Waals surface area contributed by atoms with Gasteiger partial charge in [-0.1, -0.05) is 0 Å². The van der Waals surface area contributed by atoms with Gasteiger partial charge in [0.05, 0.1) is 18.4 Å². The molecule has 0 unspecified atom stereocenters. The van der Waals surface area contributed by atoms with E-state index in [1.165, 1.54) is 0 Å². The molecule has 7 nitrogen and oxygen atoms in total. The summed E-state index contributed by atoms with van der Waals surface area (Å²) in [6, 6.07) is 0. The molecule has 0 aromatic carbocycles. The lowest BCUT2D eigenvalue weighted by atomic mass is 10.1. The molecule has 2 aromatic rings. The first-order valence-electron chi connectivity index (χ1n) is 7.76. The topological polar surface area (TPSA) is 68.0 Å². The molecule has 0 atom stereocenters. The number of thiocarbonyl (C=S) groups is 1. The van der Waals surface area contributed by atoms with E-state index < -0.39 is 0 Å². The molecule has 126 valence electrons. The Labute approximate surface area is 145 Å². The minimum Gasteiger partial charge on any atom is -0.328 e. The molecule has 1 amide bonds. The second kappa shape index (κ2) is 6.20. The first kappa shape index (κ1) is 16.4. The van der Waals surface area contributed by atoms with Crippen molar-refractivity contribution in [3.8, 4) is 0 Å². The van der Waals surface area contributed by atoms with Crippen LogP contribution in [0.15, 0.2) is 18.1 Å². The Bertz CT molecular complexity index is 847. The van der Waals surface area contributed by atoms with Crippen LogP contribution in [-0.2, 0) is 24.9 Å². The number of amides is 1. The van der Waals surface area contributed by atoms with Gasteiger partial charge in [-0.2, -0.15) is 10.2 Å². The average molecular weight is 344 g/mol. The van der Waals surface area contributed by atoms with Crippen LogP contribution in [-0.4, -0.2) is 35.5 Å². The van der Waals surface area contributed by atoms with Gasteiger partial charge in [-0.25, -0.2) is 0 Å². The molecule has 1 fully saturated rings. The van der Waals surface area contributed by atoms with Gasteiger partial charge in [-0.05, 0) is 39.1 Å². The van der Waals surface area contributed by atoms with Crippen LogP contribution in [0.1, 0.15) is 29.4 Å². The third kappa shape index (κ3) is 2.84. The molecular weight excluding hydrogens is 324 g/mol. The molecule has 0 spiro atoms. The molecule has 1 aliphatic heterocycles. The first-order chi connectivity index (χ1) is 11.4. The summed E-state index contributed by atoms with van der Waals surface area (Å²) < 4.78 is 3.63. The van der Waals surface area contributed by atoms with Crippen LogP contribution >= 0.6 is 12.2 Å². The maximum atomic E-state index is 12.7. The first-order valence-corrected chi connectivity index (χ1v) is 8.17. The van der Waals surface area contributed by atoms with E-state index in [9.17, 15) is 4.79 Å². The lowest BCUT2D eigenvalue weighted by Gasteiger charge is -2.12. The van der Waals surface area contributed by atoms with E-state index in [0.29, 0.717) is 17.4 Å². The molecule has 0 bridgehead atoms. The van der Waals surface area contributed by atoms with Gasteiger partial charge in [0.25, 0.3) is 5.91 Å². The smallest absolute Gasteiger partial charge is 0.276 e. The maximum absolute atomic E-state index is 12.7. The Balaban J connectivity index is 1.84. The molecule has 0 saturated carbocycles. The number of hydrogen-bond donors (Lipinski definition) is 1. The number of carbonyl (C=O) groups excluding carboxylic acids is 1. The Kier molecular flexibility index (Phi) is 4.23. The van der Waals surface area contributed by atoms with Crippen LogP contribution in [0, 0.1) is 13.8 Å². The van der Waals surface area contributed by atoms with Gasteiger partial charge in [-0.3, -0.25) is 19.1 Å². The van der Waals surface area contributed by atoms with Crippen LogP contribution in [0.5, 0.6) is 0 Å². The normalized spacial score (nSPS) is 16.3. The molecule has 3 heterocycles. The van der Waals surface area contributed by atoms with Crippen LogP contribution in [0.2, 0.25) is 0 Å². The largest absolute Gasteiger partial charge is 0.328 e. The molecule has 3 rings (SSSR count). The summed E-state index contributed by atoms with van der Waals surface area (Å²) in [6.45, 7) is 7.12. The summed E-state index contributed by atoms with van der Waals surface area (Å²) >= 11 is 5.32. The minimum atomic E-state index is -0.132. The Morgan fingerprint density at radius 3 is 2.71 bits per heavy atom. The van der Waals surface area contributed by atoms with Gasteiger partial charge in [0, 0.05) is 36.6 Å². The summed E-state index contributed by atoms with van der Waals surface area (Å²) in [7, 11) is 1.89. The fourth-order valence-corrected chi connectivity index (χ4v) is 2.96. The van der Waals surface area contributed by atoms with E-state index in [1.807, 2.05) is 44.8 Å². The molecule has 2 aromatic heterocycles. The maximum Gasteiger partial charge on any atom is 0.276 e. The summed E-state index contributed by atoms with van der Waals surface area (Å²) in [5.74, 6) is -0.132. The van der Waals surface area contributed by atoms with Crippen LogP contribution in [0.4, 0.5) is 0 Å². The second-order valence-electron chi connectivity index (χ2n) is 5.79. The predicted molar refractivity (Wildman–Crippen MR) is 94.8 cm³/mol. The van der Waals surface area contributed by atoms with Crippen molar-refractivity contribution in [1.29, 1.82) is 0 Å². The highest BCUT2D eigenvalue weighted by molar-refractivity contribution is 7.80. The molecule has 1 saturated heterocycles. The van der Waals surface area contributed by atoms with E-state index in [1.54, 1.807) is 15.8 Å². The molecular formula is C16H20N6OS. The zero-order valence-corrected chi connectivity index (χ0v) is 15.0. The molecule has 24 heavy (non-hydrogen) atoms. The van der Waals surface area contributed by atoms with Gasteiger partial charge in [0.1, 0.15) is 5.70 Å². The monoisotopic (exact) mass is 344 g/mol. The lowest BCUT2D eigenvalue weighted by Crippen LogP contribution is -2.29. The Morgan fingerprint density at radius 2 is 2.12 bits per heavy atom. The summed E-state index contributed by atoms with van der Waals surface area (Å²) in [5.41, 5.74) is 4.25. The molecule has 1 N–H and O–H groups in total. The summed E-state index contributed by atoms with van der Waals surface area (Å²) in [5, 5.41) is 12.0. The van der Waals surface area contributed by atoms with Crippen LogP contribution < -0.4 is 5.32 Å². The van der Waals surface area contributed by atoms with E-state index in [0.717, 1.165) is 29.1 Å². The van der Waals surface area contributed by atoms with Crippen molar-refractivity contribution >= 4 is 29.3 Å². The van der Waals surface area contributed by atoms with E-state index in [-0.39, 0.29) is 5.91 Å². The van der Waals surface area contributed by atoms with Crippen molar-refractivity contribution in [3.63, 3.8) is 0 Å². The quantitative estimate of drug-likeness (QED) is 0.673. The fourth-order valence-electron chi connectivity index (χ4n) is 2.70. The number of nitrogens with one attached hydrogen (secondary N) is 1. The van der Waals surface area contributed by atoms with Crippen molar-refractivity contribution in [2.24, 2.45) is 7.05 Å². The highest BCUT2D eigenvalue weighted by atomic mass is 32.1. The van der Waals surface area contributed by atoms with Crippen molar-refractivity contribution in [1.82, 2.24) is 29.8 Å². The average Bonchev–Trinajstić information content (AvgIpc) is 3.17. The third-order valence-corrected chi connectivity index (χ3v) is 4.49. The van der Waals surface area contributed by atoms with Crippen molar-refractivity contribution < 1.29 is 4.79 Å². The van der Waals surface area contributed by atoms with Gasteiger partial charge in [0.2, 0.25) is 0 Å². The number of hydrogen-bond acceptors (Lipinski definition) is 4. The third-order valence-electron chi connectivity index (χ3n) is 4.17. The highest BCUT2D eigenvalue weighted by Gasteiger charge is 2.31. The van der Waals surface area contributed by atoms with Gasteiger partial charge in [0.15, 0.2) is 5.11 Å². The van der Waals surface area contributed by atoms with E-state index in [2.05, 4.69) is 15.5 Å². The van der Waals surface area contributed by atoms with Crippen LogP contribution in [0.25, 0.3) is 6.08 Å². The fraction of sp³-hybridized carbons (Fsp3) is 0.375. The van der Waals surface area contributed by atoms with Crippen molar-refractivity contribution in [3.05, 3.63) is 40.6 Å². The zero-order chi connectivity index (χ0) is 17.4. The van der Waals surface area contributed by atoms with Gasteiger partial charge >= 0.3 is 0 Å². The number of aromatic nitrogens is 4. The standard InChI is InChI=1S/C16H20N6OS/c1-5-21-8-12(7-17-21)9-22-15(23)14(18-16(22)24)6-13-10(2)19-20(4)11(13)3/h6-8H,5,9H2,1-4H3,(H,18,24)/b14-6+. The second-order valence-corrected chi connectivity index (χ2v) is 6.18. The molecule has 8 heteroatoms. The number of rotatable bonds is 4. The number of aryl methyl sites for hydroxylation is 3. The van der Waals surface area contributed by atoms with Crippen molar-refractivity contribution in [2.45, 2.75) is 33.9 Å². The van der Waals surface area contributed by atoms with Gasteiger partial charge < -0.3 is 5.32 Å². The van der Waals surface area contributed by atoms with E-state index >= 15 is 0 Å². The van der Waals surface area contributed by atoms with E-state index in [4.69, 9.17) is 12.2 Å². The SMILES string of the molecule is CCn1cc(CN2C(=O)/C(=C\c3c(C)nn(C)c3C)NC2=S)cn1. The highest BCUT2D eigenvalue weighted by Crippen LogP contribution is 2.20. The lowest BCUT2D eigenvalue weighted by molar-refractivity contribution is -0.122. The zero-order valence-electron chi connectivity index (χ0n) is 14.2. The summed E-state index contributed by atoms with van der Waals surface area (Å²) in [6.07, 6.45) is 5.51. The Morgan fingerprint density at radius 1 is 1.38 bits per heavy atom.